The molecule has 0 radical (unpaired) electrons. The molecule has 0 aliphatic carbocycles. The smallest absolute Gasteiger partial charge is 0.228 e. The van der Waals surface area contributed by atoms with Crippen LogP contribution in [0.2, 0.25) is 0 Å². The Balaban J connectivity index is 2.59. The molecule has 3 nitrogen and oxygen atoms in total. The van der Waals surface area contributed by atoms with Gasteiger partial charge >= 0.3 is 0 Å². The lowest BCUT2D eigenvalue weighted by Gasteiger charge is -2.04. The Morgan fingerprint density at radius 2 is 2.14 bits per heavy atom. The first-order valence-electron chi connectivity index (χ1n) is 4.31. The molecule has 1 amide bonds. The summed E-state index contributed by atoms with van der Waals surface area (Å²) in [6.45, 7) is 3.49. The first-order valence-corrected chi connectivity index (χ1v) is 4.31. The molecule has 1 aromatic carbocycles. The Labute approximate surface area is 83.4 Å². The fourth-order valence-electron chi connectivity index (χ4n) is 1.02. The first kappa shape index (κ1) is 10.3. The number of benzene rings is 1. The van der Waals surface area contributed by atoms with E-state index in [2.05, 4.69) is 11.9 Å². The van der Waals surface area contributed by atoms with Gasteiger partial charge in [0.25, 0.3) is 0 Å². The van der Waals surface area contributed by atoms with Crippen molar-refractivity contribution in [3.05, 3.63) is 36.9 Å². The Hall–Kier alpha value is -1.77. The lowest BCUT2D eigenvalue weighted by Crippen LogP contribution is -2.09. The molecule has 0 heterocycles. The fourth-order valence-corrected chi connectivity index (χ4v) is 1.02. The van der Waals surface area contributed by atoms with Gasteiger partial charge in [-0.25, -0.2) is 0 Å². The van der Waals surface area contributed by atoms with Gasteiger partial charge in [0.05, 0.1) is 7.11 Å². The average Bonchev–Trinajstić information content (AvgIpc) is 2.19. The predicted molar refractivity (Wildman–Crippen MR) is 56.4 cm³/mol. The van der Waals surface area contributed by atoms with Crippen LogP contribution in [0.15, 0.2) is 36.9 Å². The van der Waals surface area contributed by atoms with E-state index in [1.54, 1.807) is 37.5 Å². The minimum atomic E-state index is -0.0647. The van der Waals surface area contributed by atoms with Crippen molar-refractivity contribution in [2.75, 3.05) is 12.4 Å². The van der Waals surface area contributed by atoms with Crippen molar-refractivity contribution in [2.24, 2.45) is 0 Å². The van der Waals surface area contributed by atoms with Crippen LogP contribution in [0.1, 0.15) is 6.42 Å². The summed E-state index contributed by atoms with van der Waals surface area (Å²) in [4.78, 5) is 11.2. The van der Waals surface area contributed by atoms with E-state index in [-0.39, 0.29) is 5.91 Å². The van der Waals surface area contributed by atoms with Crippen molar-refractivity contribution < 1.29 is 9.53 Å². The number of anilines is 1. The zero-order valence-electron chi connectivity index (χ0n) is 8.12. The van der Waals surface area contributed by atoms with Gasteiger partial charge in [-0.15, -0.1) is 6.58 Å². The molecule has 0 aromatic heterocycles. The molecular formula is C11H13NO2. The van der Waals surface area contributed by atoms with Gasteiger partial charge < -0.3 is 10.1 Å². The molecule has 0 atom stereocenters. The van der Waals surface area contributed by atoms with Crippen LogP contribution in [-0.2, 0) is 4.79 Å². The third kappa shape index (κ3) is 2.94. The Morgan fingerprint density at radius 3 is 2.64 bits per heavy atom. The summed E-state index contributed by atoms with van der Waals surface area (Å²) < 4.78 is 4.99. The van der Waals surface area contributed by atoms with Crippen molar-refractivity contribution in [2.45, 2.75) is 6.42 Å². The highest BCUT2D eigenvalue weighted by Gasteiger charge is 1.98. The standard InChI is InChI=1S/C11H13NO2/c1-3-4-11(13)12-9-5-7-10(14-2)8-6-9/h3,5-8H,1,4H2,2H3,(H,12,13). The van der Waals surface area contributed by atoms with Gasteiger partial charge in [-0.1, -0.05) is 6.08 Å². The normalized spacial score (nSPS) is 9.21. The Morgan fingerprint density at radius 1 is 1.50 bits per heavy atom. The first-order chi connectivity index (χ1) is 6.76. The van der Waals surface area contributed by atoms with Crippen LogP contribution in [0.5, 0.6) is 5.75 Å². The SMILES string of the molecule is C=CCC(=O)Nc1ccc(OC)cc1. The summed E-state index contributed by atoms with van der Waals surface area (Å²) in [6, 6.07) is 7.17. The molecule has 0 fully saturated rings. The molecule has 1 N–H and O–H groups in total. The topological polar surface area (TPSA) is 38.3 Å². The highest BCUT2D eigenvalue weighted by Crippen LogP contribution is 2.14. The van der Waals surface area contributed by atoms with E-state index in [4.69, 9.17) is 4.74 Å². The Kier molecular flexibility index (Phi) is 3.73. The van der Waals surface area contributed by atoms with E-state index in [1.807, 2.05) is 0 Å². The summed E-state index contributed by atoms with van der Waals surface area (Å²) >= 11 is 0. The molecule has 0 aliphatic rings. The minimum Gasteiger partial charge on any atom is -0.497 e. The number of methoxy groups -OCH3 is 1. The molecule has 0 spiro atoms. The zero-order valence-corrected chi connectivity index (χ0v) is 8.12. The molecule has 1 aromatic rings. The van der Waals surface area contributed by atoms with E-state index >= 15 is 0 Å². The summed E-state index contributed by atoms with van der Waals surface area (Å²) in [5, 5.41) is 2.73. The van der Waals surface area contributed by atoms with E-state index in [1.165, 1.54) is 0 Å². The Bertz CT molecular complexity index is 317. The van der Waals surface area contributed by atoms with Crippen LogP contribution >= 0.6 is 0 Å². The molecule has 3 heteroatoms. The van der Waals surface area contributed by atoms with Crippen molar-refractivity contribution in [3.8, 4) is 5.75 Å². The number of ether oxygens (including phenoxy) is 1. The summed E-state index contributed by atoms with van der Waals surface area (Å²) in [6.07, 6.45) is 1.89. The number of hydrogen-bond acceptors (Lipinski definition) is 2. The van der Waals surface area contributed by atoms with Gasteiger partial charge in [-0.3, -0.25) is 4.79 Å². The van der Waals surface area contributed by atoms with Gasteiger partial charge in [-0.2, -0.15) is 0 Å². The van der Waals surface area contributed by atoms with Gasteiger partial charge in [0.2, 0.25) is 5.91 Å². The van der Waals surface area contributed by atoms with Crippen LogP contribution in [0.4, 0.5) is 5.69 Å². The molecule has 14 heavy (non-hydrogen) atoms. The molecule has 0 saturated carbocycles. The van der Waals surface area contributed by atoms with Gasteiger partial charge in [-0.05, 0) is 24.3 Å². The highest BCUT2D eigenvalue weighted by molar-refractivity contribution is 5.91. The van der Waals surface area contributed by atoms with Crippen molar-refractivity contribution in [1.82, 2.24) is 0 Å². The quantitative estimate of drug-likeness (QED) is 0.741. The number of carbonyl (C=O) groups is 1. The van der Waals surface area contributed by atoms with Crippen LogP contribution in [0, 0.1) is 0 Å². The molecule has 0 bridgehead atoms. The molecule has 0 aliphatic heterocycles. The number of carbonyl (C=O) groups excluding carboxylic acids is 1. The zero-order chi connectivity index (χ0) is 10.4. The van der Waals surface area contributed by atoms with Crippen molar-refractivity contribution in [1.29, 1.82) is 0 Å². The molecule has 1 rings (SSSR count). The molecular weight excluding hydrogens is 178 g/mol. The van der Waals surface area contributed by atoms with E-state index in [9.17, 15) is 4.79 Å². The van der Waals surface area contributed by atoms with Crippen LogP contribution in [0.25, 0.3) is 0 Å². The second kappa shape index (κ2) is 5.07. The summed E-state index contributed by atoms with van der Waals surface area (Å²) in [7, 11) is 1.60. The number of nitrogens with one attached hydrogen (secondary N) is 1. The maximum absolute atomic E-state index is 11.2. The fraction of sp³-hybridized carbons (Fsp3) is 0.182. The van der Waals surface area contributed by atoms with Gasteiger partial charge in [0.1, 0.15) is 5.75 Å². The lowest BCUT2D eigenvalue weighted by atomic mass is 10.3. The van der Waals surface area contributed by atoms with E-state index in [0.29, 0.717) is 6.42 Å². The molecule has 0 unspecified atom stereocenters. The molecule has 0 saturated heterocycles. The van der Waals surface area contributed by atoms with Crippen LogP contribution in [0.3, 0.4) is 0 Å². The second-order valence-electron chi connectivity index (χ2n) is 2.77. The number of amides is 1. The van der Waals surface area contributed by atoms with Crippen molar-refractivity contribution >= 4 is 11.6 Å². The second-order valence-corrected chi connectivity index (χ2v) is 2.77. The van der Waals surface area contributed by atoms with Crippen molar-refractivity contribution in [3.63, 3.8) is 0 Å². The highest BCUT2D eigenvalue weighted by atomic mass is 16.5. The minimum absolute atomic E-state index is 0.0647. The largest absolute Gasteiger partial charge is 0.497 e. The average molecular weight is 191 g/mol. The monoisotopic (exact) mass is 191 g/mol. The third-order valence-corrected chi connectivity index (χ3v) is 1.70. The van der Waals surface area contributed by atoms with Gasteiger partial charge in [0.15, 0.2) is 0 Å². The maximum atomic E-state index is 11.2. The lowest BCUT2D eigenvalue weighted by molar-refractivity contribution is -0.115. The number of rotatable bonds is 4. The molecule has 74 valence electrons. The van der Waals surface area contributed by atoms with E-state index in [0.717, 1.165) is 11.4 Å². The van der Waals surface area contributed by atoms with Crippen LogP contribution < -0.4 is 10.1 Å². The third-order valence-electron chi connectivity index (χ3n) is 1.70. The number of hydrogen-bond donors (Lipinski definition) is 1. The van der Waals surface area contributed by atoms with E-state index < -0.39 is 0 Å². The predicted octanol–water partition coefficient (Wildman–Crippen LogP) is 2.21. The maximum Gasteiger partial charge on any atom is 0.228 e. The van der Waals surface area contributed by atoms with Gasteiger partial charge in [0, 0.05) is 12.1 Å². The van der Waals surface area contributed by atoms with Crippen LogP contribution in [-0.4, -0.2) is 13.0 Å². The summed E-state index contributed by atoms with van der Waals surface area (Å²) in [5.41, 5.74) is 0.762. The summed E-state index contributed by atoms with van der Waals surface area (Å²) in [5.74, 6) is 0.705.